The number of hydrogen-bond donors (Lipinski definition) is 0. The summed E-state index contributed by atoms with van der Waals surface area (Å²) in [5.41, 5.74) is 2.11. The van der Waals surface area contributed by atoms with Gasteiger partial charge in [0.25, 0.3) is 11.8 Å². The van der Waals surface area contributed by atoms with Gasteiger partial charge in [-0.3, -0.25) is 19.5 Å². The predicted molar refractivity (Wildman–Crippen MR) is 82.4 cm³/mol. The van der Waals surface area contributed by atoms with Crippen molar-refractivity contribution >= 4 is 11.8 Å². The fourth-order valence-corrected chi connectivity index (χ4v) is 2.60. The van der Waals surface area contributed by atoms with Crippen LogP contribution in [0.15, 0.2) is 48.8 Å². The van der Waals surface area contributed by atoms with E-state index in [1.54, 1.807) is 30.5 Å². The van der Waals surface area contributed by atoms with Crippen LogP contribution in [0.2, 0.25) is 0 Å². The molecule has 0 unspecified atom stereocenters. The summed E-state index contributed by atoms with van der Waals surface area (Å²) >= 11 is 0. The number of rotatable bonds is 5. The number of pyridine rings is 1. The van der Waals surface area contributed by atoms with E-state index in [0.29, 0.717) is 24.2 Å². The third kappa shape index (κ3) is 2.76. The molecule has 5 nitrogen and oxygen atoms in total. The minimum Gasteiger partial charge on any atom is -0.300 e. The van der Waals surface area contributed by atoms with Crippen LogP contribution in [0.4, 0.5) is 0 Å². The topological polar surface area (TPSA) is 53.5 Å². The minimum atomic E-state index is -0.199. The summed E-state index contributed by atoms with van der Waals surface area (Å²) in [7, 11) is 1.96. The molecule has 0 atom stereocenters. The molecule has 1 aromatic carbocycles. The maximum absolute atomic E-state index is 12.3. The van der Waals surface area contributed by atoms with E-state index in [4.69, 9.17) is 0 Å². The quantitative estimate of drug-likeness (QED) is 0.789. The maximum atomic E-state index is 12.3. The molecule has 0 saturated heterocycles. The lowest BCUT2D eigenvalue weighted by atomic mass is 10.1. The summed E-state index contributed by atoms with van der Waals surface area (Å²) in [5.74, 6) is -0.397. The van der Waals surface area contributed by atoms with Crippen LogP contribution in [-0.4, -0.2) is 46.7 Å². The molecular formula is C17H17N3O2. The fourth-order valence-electron chi connectivity index (χ4n) is 2.60. The molecule has 1 aliphatic heterocycles. The fraction of sp³-hybridized carbons (Fsp3) is 0.235. The van der Waals surface area contributed by atoms with E-state index in [2.05, 4.69) is 9.88 Å². The van der Waals surface area contributed by atoms with E-state index < -0.39 is 0 Å². The molecule has 2 amide bonds. The zero-order valence-corrected chi connectivity index (χ0v) is 12.4. The number of amides is 2. The van der Waals surface area contributed by atoms with Crippen LogP contribution < -0.4 is 0 Å². The van der Waals surface area contributed by atoms with E-state index in [0.717, 1.165) is 12.1 Å². The molecule has 0 saturated carbocycles. The number of likely N-dealkylation sites (N-methyl/N-ethyl adjacent to an activating group) is 1. The van der Waals surface area contributed by atoms with Crippen molar-refractivity contribution in [2.45, 2.75) is 6.54 Å². The van der Waals surface area contributed by atoms with Crippen molar-refractivity contribution in [3.63, 3.8) is 0 Å². The Labute approximate surface area is 129 Å². The first-order valence-electron chi connectivity index (χ1n) is 7.19. The summed E-state index contributed by atoms with van der Waals surface area (Å²) in [4.78, 5) is 32.0. The summed E-state index contributed by atoms with van der Waals surface area (Å²) in [6, 6.07) is 10.9. The van der Waals surface area contributed by atoms with Gasteiger partial charge in [0.15, 0.2) is 0 Å². The van der Waals surface area contributed by atoms with Gasteiger partial charge in [-0.25, -0.2) is 0 Å². The number of carbonyl (C=O) groups excluding carboxylic acids is 2. The van der Waals surface area contributed by atoms with Crippen molar-refractivity contribution in [2.24, 2.45) is 0 Å². The third-order valence-corrected chi connectivity index (χ3v) is 3.76. The molecule has 0 aliphatic carbocycles. The van der Waals surface area contributed by atoms with Gasteiger partial charge in [0.05, 0.1) is 11.1 Å². The molecular weight excluding hydrogens is 278 g/mol. The Morgan fingerprint density at radius 3 is 2.32 bits per heavy atom. The van der Waals surface area contributed by atoms with Crippen molar-refractivity contribution < 1.29 is 9.59 Å². The molecule has 0 N–H and O–H groups in total. The normalized spacial score (nSPS) is 13.8. The van der Waals surface area contributed by atoms with Gasteiger partial charge >= 0.3 is 0 Å². The van der Waals surface area contributed by atoms with Crippen LogP contribution in [-0.2, 0) is 6.54 Å². The van der Waals surface area contributed by atoms with E-state index in [-0.39, 0.29) is 11.8 Å². The Bertz CT molecular complexity index is 665. The molecule has 1 aromatic heterocycles. The SMILES string of the molecule is CN(CCN1C(=O)c2ccccc2C1=O)Cc1cccnc1. The minimum absolute atomic E-state index is 0.199. The zero-order valence-electron chi connectivity index (χ0n) is 12.4. The second-order valence-corrected chi connectivity index (χ2v) is 5.41. The second-order valence-electron chi connectivity index (χ2n) is 5.41. The first-order valence-corrected chi connectivity index (χ1v) is 7.19. The van der Waals surface area contributed by atoms with Crippen LogP contribution in [0.3, 0.4) is 0 Å². The van der Waals surface area contributed by atoms with Crippen LogP contribution >= 0.6 is 0 Å². The molecule has 0 spiro atoms. The van der Waals surface area contributed by atoms with Crippen LogP contribution in [0.1, 0.15) is 26.3 Å². The highest BCUT2D eigenvalue weighted by Gasteiger charge is 2.34. The smallest absolute Gasteiger partial charge is 0.261 e. The monoisotopic (exact) mass is 295 g/mol. The van der Waals surface area contributed by atoms with Gasteiger partial charge in [0.1, 0.15) is 0 Å². The van der Waals surface area contributed by atoms with Gasteiger partial charge in [-0.15, -0.1) is 0 Å². The summed E-state index contributed by atoms with van der Waals surface area (Å²) in [6.07, 6.45) is 3.56. The predicted octanol–water partition coefficient (Wildman–Crippen LogP) is 1.81. The number of imide groups is 1. The van der Waals surface area contributed by atoms with Gasteiger partial charge in [0.2, 0.25) is 0 Å². The first kappa shape index (κ1) is 14.4. The third-order valence-electron chi connectivity index (χ3n) is 3.76. The molecule has 22 heavy (non-hydrogen) atoms. The van der Waals surface area contributed by atoms with E-state index in [9.17, 15) is 9.59 Å². The number of carbonyl (C=O) groups is 2. The number of aromatic nitrogens is 1. The highest BCUT2D eigenvalue weighted by Crippen LogP contribution is 2.22. The van der Waals surface area contributed by atoms with Gasteiger partial charge in [-0.1, -0.05) is 18.2 Å². The lowest BCUT2D eigenvalue weighted by molar-refractivity contribution is 0.0640. The highest BCUT2D eigenvalue weighted by molar-refractivity contribution is 6.21. The van der Waals surface area contributed by atoms with Crippen molar-refractivity contribution in [3.05, 3.63) is 65.5 Å². The average Bonchev–Trinajstić information content (AvgIpc) is 2.78. The second kappa shape index (κ2) is 6.07. The molecule has 5 heteroatoms. The average molecular weight is 295 g/mol. The van der Waals surface area contributed by atoms with Crippen molar-refractivity contribution in [2.75, 3.05) is 20.1 Å². The van der Waals surface area contributed by atoms with Crippen molar-refractivity contribution in [3.8, 4) is 0 Å². The molecule has 0 radical (unpaired) electrons. The Hall–Kier alpha value is -2.53. The largest absolute Gasteiger partial charge is 0.300 e. The van der Waals surface area contributed by atoms with Crippen LogP contribution in [0.5, 0.6) is 0 Å². The number of nitrogens with zero attached hydrogens (tertiary/aromatic N) is 3. The van der Waals surface area contributed by atoms with E-state index in [1.807, 2.05) is 25.4 Å². The Kier molecular flexibility index (Phi) is 3.98. The van der Waals surface area contributed by atoms with Crippen LogP contribution in [0.25, 0.3) is 0 Å². The van der Waals surface area contributed by atoms with Gasteiger partial charge in [-0.05, 0) is 30.8 Å². The van der Waals surface area contributed by atoms with Crippen molar-refractivity contribution in [1.29, 1.82) is 0 Å². The molecule has 3 rings (SSSR count). The number of hydrogen-bond acceptors (Lipinski definition) is 4. The standard InChI is InChI=1S/C17H17N3O2/c1-19(12-13-5-4-8-18-11-13)9-10-20-16(21)14-6-2-3-7-15(14)17(20)22/h2-8,11H,9-10,12H2,1H3. The molecule has 2 aromatic rings. The lowest BCUT2D eigenvalue weighted by Gasteiger charge is -2.20. The van der Waals surface area contributed by atoms with Gasteiger partial charge < -0.3 is 4.90 Å². The summed E-state index contributed by atoms with van der Waals surface area (Å²) < 4.78 is 0. The molecule has 0 fully saturated rings. The lowest BCUT2D eigenvalue weighted by Crippen LogP contribution is -2.36. The summed E-state index contributed by atoms with van der Waals surface area (Å²) in [6.45, 7) is 1.75. The Morgan fingerprint density at radius 1 is 1.05 bits per heavy atom. The molecule has 112 valence electrons. The van der Waals surface area contributed by atoms with Gasteiger partial charge in [0, 0.05) is 32.0 Å². The first-order chi connectivity index (χ1) is 10.7. The molecule has 1 aliphatic rings. The van der Waals surface area contributed by atoms with E-state index in [1.165, 1.54) is 4.90 Å². The Balaban J connectivity index is 1.61. The van der Waals surface area contributed by atoms with Crippen LogP contribution in [0, 0.1) is 0 Å². The molecule has 0 bridgehead atoms. The Morgan fingerprint density at radius 2 is 1.73 bits per heavy atom. The van der Waals surface area contributed by atoms with E-state index >= 15 is 0 Å². The molecule has 2 heterocycles. The maximum Gasteiger partial charge on any atom is 0.261 e. The highest BCUT2D eigenvalue weighted by atomic mass is 16.2. The summed E-state index contributed by atoms with van der Waals surface area (Å²) in [5, 5.41) is 0. The zero-order chi connectivity index (χ0) is 15.5. The number of fused-ring (bicyclic) bond motifs is 1. The number of benzene rings is 1. The van der Waals surface area contributed by atoms with Crippen molar-refractivity contribution in [1.82, 2.24) is 14.8 Å². The van der Waals surface area contributed by atoms with Gasteiger partial charge in [-0.2, -0.15) is 0 Å².